The van der Waals surface area contributed by atoms with Crippen LogP contribution >= 0.6 is 23.5 Å². The van der Waals surface area contributed by atoms with E-state index in [1.54, 1.807) is 0 Å². The quantitative estimate of drug-likeness (QED) is 0.108. The average Bonchev–Trinajstić information content (AvgIpc) is 1.85. The molecule has 9 saturated heterocycles. The molecule has 10 heterocycles. The Bertz CT molecular complexity index is 1300. The van der Waals surface area contributed by atoms with Crippen molar-refractivity contribution in [2.24, 2.45) is 0 Å². The molecule has 10 fully saturated rings. The van der Waals surface area contributed by atoms with E-state index in [-0.39, 0.29) is 41.8 Å². The number of ether oxygens (including phenoxy) is 5. The summed E-state index contributed by atoms with van der Waals surface area (Å²) in [6.07, 6.45) is 12.2. The second-order valence-corrected chi connectivity index (χ2v) is 17.0. The number of alkyl carbamates (subject to hydrolysis) is 2. The Morgan fingerprint density at radius 3 is 0.709 bits per heavy atom. The Kier molecular flexibility index (Phi) is 406. The number of urea groups is 1. The summed E-state index contributed by atoms with van der Waals surface area (Å²) in [6, 6.07) is 12.0. The zero-order chi connectivity index (χ0) is 97.9. The van der Waals surface area contributed by atoms with Crippen LogP contribution in [0.5, 0.6) is 0 Å². The van der Waals surface area contributed by atoms with Crippen LogP contribution < -0.4 is 53.3 Å². The molecule has 8 amide bonds. The molecule has 23 nitrogen and oxygen atoms in total. The van der Waals surface area contributed by atoms with Crippen LogP contribution in [-0.2, 0) is 47.7 Å². The molecule has 10 N–H and O–H groups in total. The highest BCUT2D eigenvalue weighted by molar-refractivity contribution is 8.19. The van der Waals surface area contributed by atoms with Crippen LogP contribution in [0.4, 0.5) is 14.4 Å². The monoisotopic (exact) mass is 1740 g/mol. The summed E-state index contributed by atoms with van der Waals surface area (Å²) < 4.78 is 23.2. The molecule has 10 aliphatic heterocycles. The molecule has 0 atom stereocenters. The second-order valence-electron chi connectivity index (χ2n) is 14.4. The van der Waals surface area contributed by atoms with E-state index in [9.17, 15) is 33.6 Å². The fourth-order valence-electron chi connectivity index (χ4n) is 5.13. The van der Waals surface area contributed by atoms with Gasteiger partial charge in [0.1, 0.15) is 13.4 Å². The molecule has 1 aromatic carbocycles. The van der Waals surface area contributed by atoms with Gasteiger partial charge in [-0.25, -0.2) is 19.9 Å². The van der Waals surface area contributed by atoms with Crippen molar-refractivity contribution in [1.82, 2.24) is 53.3 Å². The molecular weight excluding hydrogens is 1520 g/mol. The summed E-state index contributed by atoms with van der Waals surface area (Å²) in [4.78, 5) is 75.1. The highest BCUT2D eigenvalue weighted by Gasteiger charge is 2.16. The lowest BCUT2D eigenvalue weighted by atomic mass is 10.4. The van der Waals surface area contributed by atoms with Gasteiger partial charge in [0.05, 0.1) is 46.3 Å². The first kappa shape index (κ1) is 179. The van der Waals surface area contributed by atoms with Crippen LogP contribution in [0.2, 0.25) is 0 Å². The maximum absolute atomic E-state index is 10.1. The summed E-state index contributed by atoms with van der Waals surface area (Å²) >= 11 is 4.07. The maximum Gasteiger partial charge on any atom is 0.407 e. The molecule has 0 spiro atoms. The number of hydrogen-bond acceptors (Lipinski definition) is 19. The first-order valence-corrected chi connectivity index (χ1v) is 49.6. The number of carbonyl (C=O) groups excluding carboxylic acids is 7. The van der Waals surface area contributed by atoms with E-state index in [1.807, 2.05) is 398 Å². The number of imide groups is 2. The highest BCUT2D eigenvalue weighted by atomic mass is 32.2. The molecule has 117 heavy (non-hydrogen) atoms. The van der Waals surface area contributed by atoms with Gasteiger partial charge < -0.3 is 60.4 Å². The van der Waals surface area contributed by atoms with E-state index < -0.39 is 0 Å². The van der Waals surface area contributed by atoms with Crippen molar-refractivity contribution in [2.75, 3.05) is 129 Å². The zero-order valence-electron chi connectivity index (χ0n) is 87.7. The Labute approximate surface area is 744 Å². The Morgan fingerprint density at radius 2 is 0.598 bits per heavy atom. The third kappa shape index (κ3) is 262. The molecule has 0 bridgehead atoms. The third-order valence-electron chi connectivity index (χ3n) is 8.59. The van der Waals surface area contributed by atoms with E-state index in [4.69, 9.17) is 19.0 Å². The van der Waals surface area contributed by atoms with Gasteiger partial charge in [-0.1, -0.05) is 401 Å². The van der Waals surface area contributed by atoms with E-state index in [2.05, 4.69) is 57.5 Å². The first-order valence-electron chi connectivity index (χ1n) is 47.3. The summed E-state index contributed by atoms with van der Waals surface area (Å²) in [5.41, 5.74) is 2.72. The van der Waals surface area contributed by atoms with Gasteiger partial charge in [-0.05, 0) is 12.8 Å². The molecule has 12 rings (SSSR count). The number of benzene rings is 1. The van der Waals surface area contributed by atoms with Gasteiger partial charge in [0, 0.05) is 94.1 Å². The topological polar surface area (TPSA) is 295 Å². The lowest BCUT2D eigenvalue weighted by Gasteiger charge is -2.10. The van der Waals surface area contributed by atoms with E-state index in [1.165, 1.54) is 67.3 Å². The summed E-state index contributed by atoms with van der Waals surface area (Å²) in [7, 11) is 0. The molecule has 0 radical (unpaired) electrons. The minimum atomic E-state index is -0.329. The Balaban J connectivity index is -0.0000000351. The zero-order valence-corrected chi connectivity index (χ0v) is 89.4. The SMILES string of the molecule is C1CCCC1.C1CNCN1.C1CNOC1.C1COCN1.C1COCO1.C1CSCS1.CC.CC.CC.CC.CC.CC.CC.CC.CC.CC.CC.CC.CC.CC.CC.CC.CC.CC.CC.CC.CC.CC.CC.CC.O=C1C=CC(=O)N1.O=C1CCC(=O)N1.O=C1NCCCO1.O=C1NCCN1.O=C1NCCO1.c1ccccc1. The standard InChI is InChI=1S/C6H6.C5H10.C4H7NO2.C4H5NO2.C4H3NO2.C3H6N2O.C3H8N2.C3H5NO2.2C3H7NO.C3H6O2.C3H6S2.24C2H6/c1-2-4-6-5-3-1;1-2-4-5-3-1;6-4-5-2-1-3-7-4;2*6-3-1-2-4(7)5-3;6-3-4-1-2-5-3;1-2-5-3-4-1;5-3-4-1-2-6-3;1-2-5-3-4-1;1-2-4-5-3-1;2*1-2-5-3-4-1;24*1-2/h1-6H;1-5H2;1-3H2,(H,5,6);1-2H2,(H,5,6,7);1-2H,(H,5,6,7);1-2H2,(H2,4,5,6);4-5H,1-3H2;1-2H2,(H,4,5);2*4H,1-3H2;2*1-3H2;24*1-2H3. The van der Waals surface area contributed by atoms with Crippen molar-refractivity contribution in [1.29, 1.82) is 0 Å². The second kappa shape index (κ2) is 266. The number of carbonyl (C=O) groups is 7. The van der Waals surface area contributed by atoms with Crippen molar-refractivity contribution in [3.63, 3.8) is 0 Å². The number of hydroxylamine groups is 1. The van der Waals surface area contributed by atoms with Gasteiger partial charge in [-0.3, -0.25) is 35.1 Å². The number of rotatable bonds is 0. The maximum atomic E-state index is 10.1. The molecule has 1 aliphatic carbocycles. The normalized spacial score (nSPS) is 13.3. The van der Waals surface area contributed by atoms with Gasteiger partial charge >= 0.3 is 18.2 Å². The van der Waals surface area contributed by atoms with Crippen LogP contribution in [-0.4, -0.2) is 171 Å². The summed E-state index contributed by atoms with van der Waals surface area (Å²) in [6.45, 7) is 110. The Morgan fingerprint density at radius 1 is 0.282 bits per heavy atom. The van der Waals surface area contributed by atoms with Crippen LogP contribution in [0.15, 0.2) is 48.6 Å². The first-order chi connectivity index (χ1) is 57.8. The molecule has 0 aromatic heterocycles. The highest BCUT2D eigenvalue weighted by Crippen LogP contribution is 2.20. The van der Waals surface area contributed by atoms with Gasteiger partial charge in [0.2, 0.25) is 11.8 Å². The minimum Gasteiger partial charge on any atom is -0.449 e. The number of nitrogens with one attached hydrogen (secondary N) is 10. The Hall–Kier alpha value is -4.57. The molecular formula is C92H220N10O13S2. The van der Waals surface area contributed by atoms with Crippen molar-refractivity contribution in [2.45, 2.75) is 390 Å². The number of thioether (sulfide) groups is 2. The van der Waals surface area contributed by atoms with Gasteiger partial charge in [-0.2, -0.15) is 23.5 Å². The van der Waals surface area contributed by atoms with Crippen LogP contribution in [0, 0.1) is 0 Å². The predicted octanol–water partition coefficient (Wildman–Crippen LogP) is 26.1. The van der Waals surface area contributed by atoms with Crippen LogP contribution in [0.25, 0.3) is 0 Å². The summed E-state index contributed by atoms with van der Waals surface area (Å²) in [5, 5.41) is 24.8. The minimum absolute atomic E-state index is 0.0463. The van der Waals surface area contributed by atoms with Crippen molar-refractivity contribution < 1.29 is 62.1 Å². The van der Waals surface area contributed by atoms with Crippen molar-refractivity contribution >= 4 is 65.4 Å². The average molecular weight is 1740 g/mol. The van der Waals surface area contributed by atoms with Crippen LogP contribution in [0.3, 0.4) is 0 Å². The molecule has 1 aromatic rings. The largest absolute Gasteiger partial charge is 0.449 e. The van der Waals surface area contributed by atoms with E-state index in [0.717, 1.165) is 92.1 Å². The van der Waals surface area contributed by atoms with E-state index in [0.29, 0.717) is 39.4 Å². The lowest BCUT2D eigenvalue weighted by Crippen LogP contribution is -2.31. The molecule has 11 aliphatic rings. The molecule has 25 heteroatoms. The molecule has 0 unspecified atom stereocenters. The van der Waals surface area contributed by atoms with Gasteiger partial charge in [-0.15, -0.1) is 0 Å². The fraction of sp³-hybridized carbons (Fsp3) is 0.837. The number of amides is 8. The molecule has 728 valence electrons. The smallest absolute Gasteiger partial charge is 0.407 e. The predicted molar refractivity (Wildman–Crippen MR) is 536 cm³/mol. The van der Waals surface area contributed by atoms with Crippen molar-refractivity contribution in [3.05, 3.63) is 48.6 Å². The van der Waals surface area contributed by atoms with Crippen LogP contribution in [0.1, 0.15) is 390 Å². The van der Waals surface area contributed by atoms with Crippen molar-refractivity contribution in [3.8, 4) is 0 Å². The number of cyclic esters (lactones) is 2. The van der Waals surface area contributed by atoms with Gasteiger partial charge in [0.25, 0.3) is 11.8 Å². The number of hydrogen-bond donors (Lipinski definition) is 10. The summed E-state index contributed by atoms with van der Waals surface area (Å²) in [5.74, 6) is 1.81. The molecule has 1 saturated carbocycles. The van der Waals surface area contributed by atoms with E-state index >= 15 is 0 Å². The fourth-order valence-corrected chi connectivity index (χ4v) is 7.48. The lowest BCUT2D eigenvalue weighted by molar-refractivity contribution is -0.125. The van der Waals surface area contributed by atoms with Gasteiger partial charge in [0.15, 0.2) is 0 Å². The third-order valence-corrected chi connectivity index (χ3v) is 11.2.